The number of nitrogens with zero attached hydrogens (tertiary/aromatic N) is 9. The molecule has 0 amide bonds. The fraction of sp³-hybridized carbons (Fsp3) is 0.435. The van der Waals surface area contributed by atoms with Gasteiger partial charge in [0.2, 0.25) is 0 Å². The fourth-order valence-electron chi connectivity index (χ4n) is 4.47. The van der Waals surface area contributed by atoms with Crippen molar-refractivity contribution in [2.24, 2.45) is 0 Å². The van der Waals surface area contributed by atoms with Crippen LogP contribution < -0.4 is 15.5 Å². The number of likely N-dealkylation sites (N-methyl/N-ethyl adjacent to an activating group) is 1. The van der Waals surface area contributed by atoms with Crippen molar-refractivity contribution in [1.82, 2.24) is 29.4 Å². The smallest absolute Gasteiger partial charge is 0.275 e. The van der Waals surface area contributed by atoms with Crippen molar-refractivity contribution in [2.75, 3.05) is 68.4 Å². The van der Waals surface area contributed by atoms with Gasteiger partial charge >= 0.3 is 0 Å². The van der Waals surface area contributed by atoms with Crippen LogP contribution in [0.2, 0.25) is 0 Å². The van der Waals surface area contributed by atoms with Gasteiger partial charge < -0.3 is 25.3 Å². The van der Waals surface area contributed by atoms with Crippen molar-refractivity contribution in [1.29, 1.82) is 5.26 Å². The molecule has 3 aromatic rings. The van der Waals surface area contributed by atoms with Crippen LogP contribution in [0.1, 0.15) is 12.5 Å². The van der Waals surface area contributed by atoms with Crippen molar-refractivity contribution < 1.29 is 4.39 Å². The average Bonchev–Trinajstić information content (AvgIpc) is 3.25. The van der Waals surface area contributed by atoms with E-state index >= 15 is 4.39 Å². The Kier molecular flexibility index (Phi) is 6.07. The van der Waals surface area contributed by atoms with Crippen molar-refractivity contribution in [3.05, 3.63) is 41.1 Å². The standard InChI is InChI=1S/C23H26FN11/c1-4-27-21-22-28-12-19(26-2)35(22)31-23(30-21)29-17-9-15(11-25)10-18(20(17)24)34-13-16(14-34)33-7-5-32(3)6-8-33/h9-10,12,16H,4-8,13-14H2,1,3H3,(H2,27,29,30,31). The number of nitriles is 1. The van der Waals surface area contributed by atoms with Gasteiger partial charge in [-0.2, -0.15) is 10.2 Å². The molecule has 2 aliphatic rings. The molecule has 1 aromatic carbocycles. The molecule has 0 saturated carbocycles. The Balaban J connectivity index is 1.41. The quantitative estimate of drug-likeness (QED) is 0.520. The molecule has 35 heavy (non-hydrogen) atoms. The topological polar surface area (TPSA) is 105 Å². The lowest BCUT2D eigenvalue weighted by Gasteiger charge is -2.49. The van der Waals surface area contributed by atoms with Gasteiger partial charge in [0.1, 0.15) is 0 Å². The lowest BCUT2D eigenvalue weighted by atomic mass is 10.0. The van der Waals surface area contributed by atoms with Crippen molar-refractivity contribution >= 4 is 34.6 Å². The monoisotopic (exact) mass is 475 g/mol. The molecule has 11 nitrogen and oxygen atoms in total. The summed E-state index contributed by atoms with van der Waals surface area (Å²) in [6.45, 7) is 15.4. The number of piperazine rings is 1. The second-order valence-electron chi connectivity index (χ2n) is 8.77. The highest BCUT2D eigenvalue weighted by Gasteiger charge is 2.35. The Hall–Kier alpha value is -4.00. The first-order valence-corrected chi connectivity index (χ1v) is 11.6. The summed E-state index contributed by atoms with van der Waals surface area (Å²) in [6.07, 6.45) is 1.41. The van der Waals surface area contributed by atoms with Gasteiger partial charge in [0.25, 0.3) is 17.4 Å². The molecule has 2 aromatic heterocycles. The minimum absolute atomic E-state index is 0.0928. The SMILES string of the molecule is [C-]#[N+]c1cnc2c(NCC)nc(Nc3cc(C#N)cc(N4CC(N5CCN(C)CC5)C4)c3F)nn12. The second kappa shape index (κ2) is 9.33. The van der Waals surface area contributed by atoms with Crippen LogP contribution in [-0.4, -0.2) is 88.3 Å². The highest BCUT2D eigenvalue weighted by atomic mass is 19.1. The summed E-state index contributed by atoms with van der Waals surface area (Å²) in [5.74, 6) is 0.266. The van der Waals surface area contributed by atoms with Gasteiger partial charge in [0.05, 0.1) is 29.2 Å². The maximum atomic E-state index is 15.6. The summed E-state index contributed by atoms with van der Waals surface area (Å²) in [7, 11) is 2.12. The molecule has 0 spiro atoms. The number of anilines is 4. The molecule has 0 unspecified atom stereocenters. The Labute approximate surface area is 202 Å². The highest BCUT2D eigenvalue weighted by Crippen LogP contribution is 2.33. The van der Waals surface area contributed by atoms with E-state index in [9.17, 15) is 5.26 Å². The van der Waals surface area contributed by atoms with Crippen LogP contribution in [0, 0.1) is 23.7 Å². The summed E-state index contributed by atoms with van der Waals surface area (Å²) in [5, 5.41) is 19.9. The number of hydrogen-bond donors (Lipinski definition) is 2. The number of fused-ring (bicyclic) bond motifs is 1. The van der Waals surface area contributed by atoms with E-state index in [1.807, 2.05) is 11.8 Å². The summed E-state index contributed by atoms with van der Waals surface area (Å²) in [6, 6.07) is 5.53. The number of nitrogens with one attached hydrogen (secondary N) is 2. The highest BCUT2D eigenvalue weighted by molar-refractivity contribution is 5.71. The molecule has 0 bridgehead atoms. The zero-order valence-electron chi connectivity index (χ0n) is 19.7. The van der Waals surface area contributed by atoms with Crippen molar-refractivity contribution in [2.45, 2.75) is 13.0 Å². The zero-order valence-corrected chi connectivity index (χ0v) is 19.7. The molecule has 2 saturated heterocycles. The minimum Gasteiger partial charge on any atom is -0.366 e. The first-order chi connectivity index (χ1) is 17.0. The second-order valence-corrected chi connectivity index (χ2v) is 8.77. The summed E-state index contributed by atoms with van der Waals surface area (Å²) < 4.78 is 17.0. The number of hydrogen-bond acceptors (Lipinski definition) is 9. The molecule has 180 valence electrons. The van der Waals surface area contributed by atoms with E-state index in [0.29, 0.717) is 48.4 Å². The molecule has 0 atom stereocenters. The van der Waals surface area contributed by atoms with Gasteiger partial charge in [-0.15, -0.1) is 4.52 Å². The summed E-state index contributed by atoms with van der Waals surface area (Å²) in [4.78, 5) is 18.8. The van der Waals surface area contributed by atoms with Gasteiger partial charge in [0.15, 0.2) is 11.6 Å². The van der Waals surface area contributed by atoms with Gasteiger partial charge in [0, 0.05) is 51.9 Å². The number of benzene rings is 1. The molecule has 0 aliphatic carbocycles. The van der Waals surface area contributed by atoms with Crippen LogP contribution >= 0.6 is 0 Å². The first-order valence-electron chi connectivity index (χ1n) is 11.6. The third-order valence-electron chi connectivity index (χ3n) is 6.49. The Bertz CT molecular complexity index is 1320. The summed E-state index contributed by atoms with van der Waals surface area (Å²) in [5.41, 5.74) is 1.23. The Morgan fingerprint density at radius 2 is 2.03 bits per heavy atom. The van der Waals surface area contributed by atoms with E-state index in [1.165, 1.54) is 16.8 Å². The third kappa shape index (κ3) is 4.30. The molecule has 4 heterocycles. The molecule has 2 aliphatic heterocycles. The van der Waals surface area contributed by atoms with Crippen LogP contribution in [0.5, 0.6) is 0 Å². The van der Waals surface area contributed by atoms with Crippen molar-refractivity contribution in [3.8, 4) is 6.07 Å². The van der Waals surface area contributed by atoms with Gasteiger partial charge in [-0.25, -0.2) is 9.37 Å². The predicted octanol–water partition coefficient (Wildman–Crippen LogP) is 2.30. The molecule has 5 rings (SSSR count). The average molecular weight is 476 g/mol. The van der Waals surface area contributed by atoms with E-state index in [2.05, 4.69) is 53.5 Å². The van der Waals surface area contributed by atoms with Gasteiger partial charge in [-0.1, -0.05) is 11.7 Å². The molecular formula is C23H26FN11. The maximum absolute atomic E-state index is 15.6. The number of rotatable bonds is 6. The van der Waals surface area contributed by atoms with Crippen molar-refractivity contribution in [3.63, 3.8) is 0 Å². The van der Waals surface area contributed by atoms with Crippen LogP contribution in [0.4, 0.5) is 33.3 Å². The number of aromatic nitrogens is 4. The van der Waals surface area contributed by atoms with Gasteiger partial charge in [-0.05, 0) is 26.1 Å². The van der Waals surface area contributed by atoms with Crippen LogP contribution in [-0.2, 0) is 0 Å². The van der Waals surface area contributed by atoms with Gasteiger partial charge in [-0.3, -0.25) is 4.90 Å². The predicted molar refractivity (Wildman–Crippen MR) is 131 cm³/mol. The fourth-order valence-corrected chi connectivity index (χ4v) is 4.47. The largest absolute Gasteiger partial charge is 0.366 e. The molecule has 2 N–H and O–H groups in total. The van der Waals surface area contributed by atoms with E-state index in [-0.39, 0.29) is 17.5 Å². The third-order valence-corrected chi connectivity index (χ3v) is 6.49. The first kappa shape index (κ1) is 22.8. The van der Waals surface area contributed by atoms with E-state index in [4.69, 9.17) is 6.57 Å². The normalized spacial score (nSPS) is 17.1. The van der Waals surface area contributed by atoms with E-state index < -0.39 is 5.82 Å². The van der Waals surface area contributed by atoms with Crippen LogP contribution in [0.25, 0.3) is 10.5 Å². The number of imidazole rings is 1. The molecular weight excluding hydrogens is 449 g/mol. The molecule has 0 radical (unpaired) electrons. The lowest BCUT2D eigenvalue weighted by Crippen LogP contribution is -2.63. The minimum atomic E-state index is -0.467. The zero-order chi connectivity index (χ0) is 24.5. The lowest BCUT2D eigenvalue weighted by molar-refractivity contribution is 0.0961. The van der Waals surface area contributed by atoms with E-state index in [0.717, 1.165) is 26.2 Å². The Morgan fingerprint density at radius 1 is 1.26 bits per heavy atom. The molecule has 2 fully saturated rings. The van der Waals surface area contributed by atoms with E-state index in [1.54, 1.807) is 6.07 Å². The van der Waals surface area contributed by atoms with Crippen LogP contribution in [0.15, 0.2) is 18.3 Å². The Morgan fingerprint density at radius 3 is 2.71 bits per heavy atom. The number of halogens is 1. The maximum Gasteiger partial charge on any atom is 0.275 e. The molecule has 12 heteroatoms. The summed E-state index contributed by atoms with van der Waals surface area (Å²) >= 11 is 0. The van der Waals surface area contributed by atoms with Crippen LogP contribution in [0.3, 0.4) is 0 Å².